The number of carbonyl (C=O) groups excluding carboxylic acids is 1. The molecule has 0 saturated carbocycles. The number of nitrogens with one attached hydrogen (secondary N) is 1. The van der Waals surface area contributed by atoms with Crippen molar-refractivity contribution in [3.8, 4) is 0 Å². The van der Waals surface area contributed by atoms with Crippen LogP contribution in [0.1, 0.15) is 36.3 Å². The Kier molecular flexibility index (Phi) is 5.80. The van der Waals surface area contributed by atoms with Crippen LogP contribution in [0.4, 0.5) is 5.82 Å². The lowest BCUT2D eigenvalue weighted by molar-refractivity contribution is -0.121. The van der Waals surface area contributed by atoms with E-state index in [0.29, 0.717) is 18.9 Å². The predicted octanol–water partition coefficient (Wildman–Crippen LogP) is 1.42. The SMILES string of the molecule is Cc1nc(C)c(C)c(N2CCC(CNC(=O)CCn3cnnc3)CC2)n1. The number of hydrogen-bond donors (Lipinski definition) is 1. The molecule has 1 amide bonds. The van der Waals surface area contributed by atoms with Crippen LogP contribution >= 0.6 is 0 Å². The molecule has 0 aromatic carbocycles. The zero-order valence-electron chi connectivity index (χ0n) is 15.8. The fourth-order valence-corrected chi connectivity index (χ4v) is 3.32. The van der Waals surface area contributed by atoms with Gasteiger partial charge in [-0.05, 0) is 39.5 Å². The molecule has 2 aromatic rings. The van der Waals surface area contributed by atoms with E-state index in [-0.39, 0.29) is 5.91 Å². The van der Waals surface area contributed by atoms with E-state index < -0.39 is 0 Å². The largest absolute Gasteiger partial charge is 0.356 e. The van der Waals surface area contributed by atoms with Crippen LogP contribution in [0.15, 0.2) is 12.7 Å². The molecule has 0 aliphatic carbocycles. The molecule has 1 N–H and O–H groups in total. The van der Waals surface area contributed by atoms with Gasteiger partial charge in [0.05, 0.1) is 0 Å². The quantitative estimate of drug-likeness (QED) is 0.841. The monoisotopic (exact) mass is 357 g/mol. The Bertz CT molecular complexity index is 736. The van der Waals surface area contributed by atoms with Crippen LogP contribution in [0.2, 0.25) is 0 Å². The topological polar surface area (TPSA) is 88.8 Å². The van der Waals surface area contributed by atoms with Gasteiger partial charge in [-0.2, -0.15) is 0 Å². The molecule has 0 radical (unpaired) electrons. The minimum Gasteiger partial charge on any atom is -0.356 e. The lowest BCUT2D eigenvalue weighted by atomic mass is 9.96. The number of aromatic nitrogens is 5. The van der Waals surface area contributed by atoms with Gasteiger partial charge in [0.25, 0.3) is 0 Å². The Morgan fingerprint density at radius 2 is 1.85 bits per heavy atom. The third kappa shape index (κ3) is 4.56. The number of carbonyl (C=O) groups is 1. The number of rotatable bonds is 6. The van der Waals surface area contributed by atoms with Crippen molar-refractivity contribution >= 4 is 11.7 Å². The highest BCUT2D eigenvalue weighted by atomic mass is 16.1. The van der Waals surface area contributed by atoms with E-state index >= 15 is 0 Å². The molecule has 8 heteroatoms. The normalized spacial score (nSPS) is 15.3. The standard InChI is InChI=1S/C18H27N7O/c1-13-14(2)22-15(3)23-18(13)25-8-4-16(5-9-25)10-19-17(26)6-7-24-11-20-21-12-24/h11-12,16H,4-10H2,1-3H3,(H,19,26). The molecule has 1 aliphatic heterocycles. The Morgan fingerprint density at radius 3 is 2.54 bits per heavy atom. The molecule has 3 heterocycles. The lowest BCUT2D eigenvalue weighted by Gasteiger charge is -2.34. The molecule has 140 valence electrons. The molecule has 0 atom stereocenters. The van der Waals surface area contributed by atoms with Gasteiger partial charge in [-0.25, -0.2) is 9.97 Å². The first-order valence-electron chi connectivity index (χ1n) is 9.19. The van der Waals surface area contributed by atoms with E-state index in [2.05, 4.69) is 37.3 Å². The van der Waals surface area contributed by atoms with E-state index in [1.807, 2.05) is 18.4 Å². The van der Waals surface area contributed by atoms with Gasteiger partial charge in [0.1, 0.15) is 24.3 Å². The third-order valence-electron chi connectivity index (χ3n) is 5.04. The minimum absolute atomic E-state index is 0.0824. The number of amides is 1. The summed E-state index contributed by atoms with van der Waals surface area (Å²) in [4.78, 5) is 23.4. The van der Waals surface area contributed by atoms with E-state index in [0.717, 1.165) is 55.4 Å². The fraction of sp³-hybridized carbons (Fsp3) is 0.611. The molecule has 8 nitrogen and oxygen atoms in total. The van der Waals surface area contributed by atoms with Gasteiger partial charge in [-0.15, -0.1) is 10.2 Å². The summed E-state index contributed by atoms with van der Waals surface area (Å²) in [6.45, 7) is 9.37. The number of nitrogens with zero attached hydrogens (tertiary/aromatic N) is 6. The van der Waals surface area contributed by atoms with Crippen LogP contribution in [0.3, 0.4) is 0 Å². The van der Waals surface area contributed by atoms with Gasteiger partial charge in [-0.1, -0.05) is 0 Å². The Hall–Kier alpha value is -2.51. The molecule has 0 spiro atoms. The molecule has 1 fully saturated rings. The third-order valence-corrected chi connectivity index (χ3v) is 5.04. The van der Waals surface area contributed by atoms with Crippen molar-refractivity contribution in [2.45, 2.75) is 46.6 Å². The highest BCUT2D eigenvalue weighted by Crippen LogP contribution is 2.25. The summed E-state index contributed by atoms with van der Waals surface area (Å²) in [6, 6.07) is 0. The molecular weight excluding hydrogens is 330 g/mol. The van der Waals surface area contributed by atoms with Crippen LogP contribution in [-0.2, 0) is 11.3 Å². The van der Waals surface area contributed by atoms with Gasteiger partial charge < -0.3 is 14.8 Å². The van der Waals surface area contributed by atoms with Gasteiger partial charge in [0.2, 0.25) is 5.91 Å². The molecule has 1 saturated heterocycles. The second-order valence-electron chi connectivity index (χ2n) is 6.99. The molecular formula is C18H27N7O. The van der Waals surface area contributed by atoms with Crippen molar-refractivity contribution in [2.75, 3.05) is 24.5 Å². The zero-order chi connectivity index (χ0) is 18.5. The van der Waals surface area contributed by atoms with E-state index in [1.165, 1.54) is 0 Å². The summed E-state index contributed by atoms with van der Waals surface area (Å²) in [5.74, 6) is 2.49. The summed E-state index contributed by atoms with van der Waals surface area (Å²) in [5.41, 5.74) is 2.21. The highest BCUT2D eigenvalue weighted by molar-refractivity contribution is 5.75. The predicted molar refractivity (Wildman–Crippen MR) is 98.8 cm³/mol. The maximum Gasteiger partial charge on any atom is 0.221 e. The first-order chi connectivity index (χ1) is 12.5. The fourth-order valence-electron chi connectivity index (χ4n) is 3.32. The van der Waals surface area contributed by atoms with Crippen LogP contribution in [0.25, 0.3) is 0 Å². The first kappa shape index (κ1) is 18.3. The van der Waals surface area contributed by atoms with Crippen molar-refractivity contribution in [3.63, 3.8) is 0 Å². The first-order valence-corrected chi connectivity index (χ1v) is 9.19. The molecule has 0 unspecified atom stereocenters. The Labute approximate surface area is 154 Å². The van der Waals surface area contributed by atoms with E-state index in [1.54, 1.807) is 12.7 Å². The van der Waals surface area contributed by atoms with Crippen molar-refractivity contribution in [3.05, 3.63) is 29.7 Å². The summed E-state index contributed by atoms with van der Waals surface area (Å²) < 4.78 is 1.81. The van der Waals surface area contributed by atoms with Gasteiger partial charge in [0, 0.05) is 43.9 Å². The maximum atomic E-state index is 12.0. The van der Waals surface area contributed by atoms with Crippen LogP contribution in [0.5, 0.6) is 0 Å². The molecule has 2 aromatic heterocycles. The molecule has 1 aliphatic rings. The average Bonchev–Trinajstić information content (AvgIpc) is 3.15. The maximum absolute atomic E-state index is 12.0. The number of aryl methyl sites for hydroxylation is 3. The summed E-state index contributed by atoms with van der Waals surface area (Å²) in [5, 5.41) is 10.5. The smallest absolute Gasteiger partial charge is 0.221 e. The lowest BCUT2D eigenvalue weighted by Crippen LogP contribution is -2.39. The molecule has 3 rings (SSSR count). The Balaban J connectivity index is 1.43. The highest BCUT2D eigenvalue weighted by Gasteiger charge is 2.22. The number of hydrogen-bond acceptors (Lipinski definition) is 6. The average molecular weight is 357 g/mol. The molecule has 26 heavy (non-hydrogen) atoms. The summed E-state index contributed by atoms with van der Waals surface area (Å²) in [7, 11) is 0. The minimum atomic E-state index is 0.0824. The second kappa shape index (κ2) is 8.25. The van der Waals surface area contributed by atoms with Gasteiger partial charge in [0.15, 0.2) is 0 Å². The van der Waals surface area contributed by atoms with Crippen molar-refractivity contribution < 1.29 is 4.79 Å². The van der Waals surface area contributed by atoms with Gasteiger partial charge >= 0.3 is 0 Å². The van der Waals surface area contributed by atoms with Crippen molar-refractivity contribution in [2.24, 2.45) is 5.92 Å². The summed E-state index contributed by atoms with van der Waals surface area (Å²) >= 11 is 0. The van der Waals surface area contributed by atoms with E-state index in [9.17, 15) is 4.79 Å². The van der Waals surface area contributed by atoms with Crippen LogP contribution in [0, 0.1) is 26.7 Å². The second-order valence-corrected chi connectivity index (χ2v) is 6.99. The van der Waals surface area contributed by atoms with Crippen LogP contribution < -0.4 is 10.2 Å². The van der Waals surface area contributed by atoms with E-state index in [4.69, 9.17) is 0 Å². The Morgan fingerprint density at radius 1 is 1.15 bits per heavy atom. The van der Waals surface area contributed by atoms with Crippen molar-refractivity contribution in [1.82, 2.24) is 30.0 Å². The number of anilines is 1. The zero-order valence-corrected chi connectivity index (χ0v) is 15.8. The number of piperidine rings is 1. The molecule has 0 bridgehead atoms. The van der Waals surface area contributed by atoms with Crippen molar-refractivity contribution in [1.29, 1.82) is 0 Å². The van der Waals surface area contributed by atoms with Crippen LogP contribution in [-0.4, -0.2) is 50.3 Å². The van der Waals surface area contributed by atoms with Gasteiger partial charge in [-0.3, -0.25) is 4.79 Å². The summed E-state index contributed by atoms with van der Waals surface area (Å²) in [6.07, 6.45) is 5.83.